The fourth-order valence-corrected chi connectivity index (χ4v) is 2.74. The van der Waals surface area contributed by atoms with Crippen LogP contribution in [-0.4, -0.2) is 41.3 Å². The maximum atomic E-state index is 9.31. The van der Waals surface area contributed by atoms with Crippen molar-refractivity contribution >= 4 is 42.9 Å². The Labute approximate surface area is 168 Å². The molecule has 134 valence electrons. The molecule has 5 heteroatoms. The van der Waals surface area contributed by atoms with Gasteiger partial charge < -0.3 is 10.2 Å². The van der Waals surface area contributed by atoms with E-state index in [0.29, 0.717) is 11.0 Å². The van der Waals surface area contributed by atoms with Crippen molar-refractivity contribution in [2.24, 2.45) is 0 Å². The third kappa shape index (κ3) is 6.11. The summed E-state index contributed by atoms with van der Waals surface area (Å²) >= 11 is -0.254. The Balaban J connectivity index is 0.000000157. The molecular formula is C22H20N2O2Sn. The van der Waals surface area contributed by atoms with Gasteiger partial charge in [0.15, 0.2) is 0 Å². The van der Waals surface area contributed by atoms with Crippen molar-refractivity contribution < 1.29 is 10.2 Å². The maximum Gasteiger partial charge on any atom is 0.141 e. The summed E-state index contributed by atoms with van der Waals surface area (Å²) in [5, 5.41) is 20.5. The van der Waals surface area contributed by atoms with Crippen molar-refractivity contribution in [1.29, 1.82) is 0 Å². The molecule has 0 aliphatic carbocycles. The monoisotopic (exact) mass is 464 g/mol. The van der Waals surface area contributed by atoms with Crippen molar-refractivity contribution in [3.63, 3.8) is 0 Å². The normalized spacial score (nSPS) is 9.48. The van der Waals surface area contributed by atoms with E-state index < -0.39 is 0 Å². The van der Waals surface area contributed by atoms with E-state index in [1.54, 1.807) is 36.7 Å². The van der Waals surface area contributed by atoms with Crippen LogP contribution in [0.4, 0.5) is 0 Å². The molecule has 2 aromatic heterocycles. The van der Waals surface area contributed by atoms with Crippen LogP contribution >= 0.6 is 0 Å². The summed E-state index contributed by atoms with van der Waals surface area (Å²) in [7, 11) is 0. The van der Waals surface area contributed by atoms with Crippen LogP contribution in [0.25, 0.3) is 21.8 Å². The first kappa shape index (κ1) is 20.5. The molecule has 0 amide bonds. The molecule has 2 heterocycles. The van der Waals surface area contributed by atoms with E-state index >= 15 is 0 Å². The predicted molar refractivity (Wildman–Crippen MR) is 113 cm³/mol. The summed E-state index contributed by atoms with van der Waals surface area (Å²) in [5.74, 6) is 0.478. The molecule has 0 saturated carbocycles. The van der Waals surface area contributed by atoms with Gasteiger partial charge in [-0.15, -0.1) is 0 Å². The summed E-state index contributed by atoms with van der Waals surface area (Å²) in [5.41, 5.74) is 1.32. The zero-order valence-corrected chi connectivity index (χ0v) is 17.6. The van der Waals surface area contributed by atoms with Crippen LogP contribution < -0.4 is 0 Å². The van der Waals surface area contributed by atoms with Gasteiger partial charge in [-0.05, 0) is 24.3 Å². The van der Waals surface area contributed by atoms with Crippen molar-refractivity contribution in [2.45, 2.75) is 0 Å². The van der Waals surface area contributed by atoms with Gasteiger partial charge >= 0.3 is 42.5 Å². The number of benzene rings is 2. The Hall–Kier alpha value is -2.86. The fourth-order valence-electron chi connectivity index (χ4n) is 2.26. The van der Waals surface area contributed by atoms with E-state index in [0.717, 1.165) is 10.8 Å². The number of phenols is 2. The smallest absolute Gasteiger partial charge is 0.141 e. The number of aromatic nitrogens is 2. The van der Waals surface area contributed by atoms with Crippen LogP contribution in [0, 0.1) is 0 Å². The Kier molecular flexibility index (Phi) is 8.32. The first-order valence-electron chi connectivity index (χ1n) is 8.20. The summed E-state index contributed by atoms with van der Waals surface area (Å²) in [6.45, 7) is 7.11. The number of phenolic OH excluding ortho intramolecular Hbond substituents is 2. The molecule has 2 aromatic carbocycles. The molecule has 0 aliphatic heterocycles. The number of fused-ring (bicyclic) bond motifs is 2. The second kappa shape index (κ2) is 11.0. The van der Waals surface area contributed by atoms with Crippen LogP contribution in [0.3, 0.4) is 0 Å². The second-order valence-electron chi connectivity index (χ2n) is 5.28. The average Bonchev–Trinajstić information content (AvgIpc) is 2.71. The number of para-hydroxylation sites is 2. The summed E-state index contributed by atoms with van der Waals surface area (Å²) in [4.78, 5) is 8.06. The number of hydrogen-bond donors (Lipinski definition) is 2. The minimum Gasteiger partial charge on any atom is -0.506 e. The molecule has 0 bridgehead atoms. The molecule has 4 aromatic rings. The van der Waals surface area contributed by atoms with Crippen LogP contribution in [0.5, 0.6) is 11.5 Å². The van der Waals surface area contributed by atoms with Gasteiger partial charge in [-0.1, -0.05) is 36.4 Å². The summed E-state index contributed by atoms with van der Waals surface area (Å²) in [6.07, 6.45) is 3.34. The Morgan fingerprint density at radius 1 is 0.667 bits per heavy atom. The Morgan fingerprint density at radius 3 is 1.41 bits per heavy atom. The minimum atomic E-state index is -0.254. The van der Waals surface area contributed by atoms with E-state index in [1.807, 2.05) is 44.6 Å². The zero-order chi connectivity index (χ0) is 19.5. The van der Waals surface area contributed by atoms with Crippen molar-refractivity contribution in [1.82, 2.24) is 9.97 Å². The number of rotatable bonds is 2. The molecule has 4 rings (SSSR count). The number of hydrogen-bond acceptors (Lipinski definition) is 4. The third-order valence-electron chi connectivity index (χ3n) is 3.46. The van der Waals surface area contributed by atoms with E-state index in [-0.39, 0.29) is 32.6 Å². The van der Waals surface area contributed by atoms with Gasteiger partial charge in [-0.3, -0.25) is 9.97 Å². The SMILES string of the molecule is C=[CH][Sn][CH]=C.Oc1cccc2cccnc12.Oc1cccc2cccnc12. The number of nitrogens with zero attached hydrogens (tertiary/aromatic N) is 2. The maximum absolute atomic E-state index is 9.31. The van der Waals surface area contributed by atoms with Gasteiger partial charge in [0.05, 0.1) is 0 Å². The van der Waals surface area contributed by atoms with Crippen LogP contribution in [0.15, 0.2) is 94.4 Å². The fraction of sp³-hybridized carbons (Fsp3) is 0. The van der Waals surface area contributed by atoms with Gasteiger partial charge in [0.1, 0.15) is 22.5 Å². The molecule has 27 heavy (non-hydrogen) atoms. The van der Waals surface area contributed by atoms with E-state index in [9.17, 15) is 10.2 Å². The predicted octanol–water partition coefficient (Wildman–Crippen LogP) is 4.86. The molecule has 0 atom stereocenters. The molecule has 4 nitrogen and oxygen atoms in total. The standard InChI is InChI=1S/2C9H7NO.2C2H3.Sn/c2*11-8-5-1-3-7-4-2-6-10-9(7)8;2*1-2;/h2*1-6,11H;2*1H,2H2;. The van der Waals surface area contributed by atoms with E-state index in [4.69, 9.17) is 0 Å². The van der Waals surface area contributed by atoms with Gasteiger partial charge in [0.2, 0.25) is 0 Å². The topological polar surface area (TPSA) is 66.2 Å². The Bertz CT molecular complexity index is 941. The quantitative estimate of drug-likeness (QED) is 0.417. The molecular weight excluding hydrogens is 443 g/mol. The van der Waals surface area contributed by atoms with Gasteiger partial charge in [-0.2, -0.15) is 0 Å². The molecule has 2 radical (unpaired) electrons. The van der Waals surface area contributed by atoms with Gasteiger partial charge in [-0.25, -0.2) is 0 Å². The second-order valence-corrected chi connectivity index (χ2v) is 8.56. The largest absolute Gasteiger partial charge is 0.506 e. The molecule has 2 N–H and O–H groups in total. The van der Waals surface area contributed by atoms with Crippen LogP contribution in [0.1, 0.15) is 0 Å². The van der Waals surface area contributed by atoms with Crippen molar-refractivity contribution in [3.8, 4) is 11.5 Å². The Morgan fingerprint density at radius 2 is 1.07 bits per heavy atom. The van der Waals surface area contributed by atoms with E-state index in [2.05, 4.69) is 23.1 Å². The van der Waals surface area contributed by atoms with E-state index in [1.165, 1.54) is 0 Å². The first-order chi connectivity index (χ1) is 13.2. The number of pyridine rings is 2. The van der Waals surface area contributed by atoms with Crippen molar-refractivity contribution in [2.75, 3.05) is 0 Å². The van der Waals surface area contributed by atoms with Gasteiger partial charge in [0, 0.05) is 23.2 Å². The van der Waals surface area contributed by atoms with Crippen LogP contribution in [0.2, 0.25) is 0 Å². The number of aromatic hydroxyl groups is 2. The first-order valence-corrected chi connectivity index (χ1v) is 11.5. The molecule has 0 aliphatic rings. The minimum absolute atomic E-state index is 0.239. The summed E-state index contributed by atoms with van der Waals surface area (Å²) in [6, 6.07) is 18.3. The third-order valence-corrected chi connectivity index (χ3v) is 4.80. The van der Waals surface area contributed by atoms with Crippen LogP contribution in [-0.2, 0) is 0 Å². The zero-order valence-electron chi connectivity index (χ0n) is 14.8. The van der Waals surface area contributed by atoms with Gasteiger partial charge in [0.25, 0.3) is 0 Å². The average molecular weight is 463 g/mol. The molecule has 0 saturated heterocycles. The summed E-state index contributed by atoms with van der Waals surface area (Å²) < 4.78 is 3.96. The molecule has 0 fully saturated rings. The molecule has 0 spiro atoms. The molecule has 0 unspecified atom stereocenters. The van der Waals surface area contributed by atoms with Crippen molar-refractivity contribution in [3.05, 3.63) is 94.4 Å².